The summed E-state index contributed by atoms with van der Waals surface area (Å²) in [5.74, 6) is 1.92. The maximum absolute atomic E-state index is 13.5. The highest BCUT2D eigenvalue weighted by Gasteiger charge is 2.25. The zero-order valence-electron chi connectivity index (χ0n) is 17.8. The van der Waals surface area contributed by atoms with Crippen LogP contribution in [0.4, 0.5) is 10.2 Å². The molecule has 5 rings (SSSR count). The van der Waals surface area contributed by atoms with E-state index in [1.54, 1.807) is 12.1 Å². The molecule has 0 bridgehead atoms. The molecule has 1 aromatic carbocycles. The van der Waals surface area contributed by atoms with E-state index in [2.05, 4.69) is 31.7 Å². The number of likely N-dealkylation sites (N-methyl/N-ethyl adjacent to an activating group) is 1. The normalized spacial score (nSPS) is 19.4. The van der Waals surface area contributed by atoms with E-state index in [9.17, 15) is 4.39 Å². The van der Waals surface area contributed by atoms with Gasteiger partial charge in [-0.25, -0.2) is 14.4 Å². The Balaban J connectivity index is 1.29. The van der Waals surface area contributed by atoms with Gasteiger partial charge in [0.2, 0.25) is 0 Å². The van der Waals surface area contributed by atoms with E-state index in [1.807, 2.05) is 12.3 Å². The lowest BCUT2D eigenvalue weighted by atomic mass is 9.96. The molecule has 0 atom stereocenters. The third kappa shape index (κ3) is 4.40. The number of hydrogen-bond donors (Lipinski definition) is 1. The highest BCUT2D eigenvalue weighted by molar-refractivity contribution is 6.31. The number of aromatic amines is 1. The van der Waals surface area contributed by atoms with Crippen molar-refractivity contribution in [1.82, 2.24) is 24.8 Å². The molecular formula is C23H28ClFN6. The van der Waals surface area contributed by atoms with Crippen molar-refractivity contribution < 1.29 is 4.39 Å². The Labute approximate surface area is 187 Å². The largest absolute Gasteiger partial charge is 0.355 e. The van der Waals surface area contributed by atoms with E-state index >= 15 is 0 Å². The molecule has 164 valence electrons. The van der Waals surface area contributed by atoms with Crippen LogP contribution in [-0.2, 0) is 0 Å². The lowest BCUT2D eigenvalue weighted by Gasteiger charge is -2.38. The number of piperidine rings is 1. The number of rotatable bonds is 4. The second kappa shape index (κ2) is 8.73. The van der Waals surface area contributed by atoms with Crippen molar-refractivity contribution in [2.45, 2.75) is 12.8 Å². The van der Waals surface area contributed by atoms with Gasteiger partial charge in [-0.1, -0.05) is 11.6 Å². The van der Waals surface area contributed by atoms with Gasteiger partial charge in [-0.3, -0.25) is 0 Å². The van der Waals surface area contributed by atoms with Crippen LogP contribution in [0.1, 0.15) is 12.8 Å². The van der Waals surface area contributed by atoms with Gasteiger partial charge in [0, 0.05) is 57.6 Å². The number of pyridine rings is 1. The number of imidazole rings is 1. The van der Waals surface area contributed by atoms with Crippen molar-refractivity contribution in [1.29, 1.82) is 0 Å². The van der Waals surface area contributed by atoms with E-state index < -0.39 is 5.82 Å². The molecule has 4 heterocycles. The predicted octanol–water partition coefficient (Wildman–Crippen LogP) is 3.88. The van der Waals surface area contributed by atoms with Gasteiger partial charge < -0.3 is 19.7 Å². The maximum atomic E-state index is 13.5. The second-order valence-electron chi connectivity index (χ2n) is 8.78. The molecule has 6 nitrogen and oxygen atoms in total. The first-order valence-electron chi connectivity index (χ1n) is 11.0. The van der Waals surface area contributed by atoms with Gasteiger partial charge >= 0.3 is 0 Å². The monoisotopic (exact) mass is 442 g/mol. The number of hydrogen-bond acceptors (Lipinski definition) is 5. The van der Waals surface area contributed by atoms with Gasteiger partial charge in [0.05, 0.1) is 10.5 Å². The molecule has 3 aromatic rings. The Morgan fingerprint density at radius 3 is 2.61 bits per heavy atom. The van der Waals surface area contributed by atoms with E-state index in [0.717, 1.165) is 41.4 Å². The number of fused-ring (bicyclic) bond motifs is 1. The first kappa shape index (κ1) is 20.7. The molecule has 2 aliphatic rings. The fraction of sp³-hybridized carbons (Fsp3) is 0.478. The van der Waals surface area contributed by atoms with E-state index in [-0.39, 0.29) is 5.02 Å². The zero-order chi connectivity index (χ0) is 21.4. The summed E-state index contributed by atoms with van der Waals surface area (Å²) in [7, 11) is 2.20. The van der Waals surface area contributed by atoms with Gasteiger partial charge in [0.1, 0.15) is 17.2 Å². The Kier molecular flexibility index (Phi) is 5.82. The van der Waals surface area contributed by atoms with Crippen LogP contribution >= 0.6 is 11.6 Å². The van der Waals surface area contributed by atoms with Crippen LogP contribution in [0.15, 0.2) is 30.5 Å². The quantitative estimate of drug-likeness (QED) is 0.664. The van der Waals surface area contributed by atoms with E-state index in [0.29, 0.717) is 5.82 Å². The molecule has 0 saturated carbocycles. The van der Waals surface area contributed by atoms with Crippen LogP contribution in [0.2, 0.25) is 5.02 Å². The fourth-order valence-electron chi connectivity index (χ4n) is 4.66. The third-order valence-corrected chi connectivity index (χ3v) is 6.89. The molecule has 0 unspecified atom stereocenters. The highest BCUT2D eigenvalue weighted by atomic mass is 35.5. The predicted molar refractivity (Wildman–Crippen MR) is 123 cm³/mol. The van der Waals surface area contributed by atoms with Gasteiger partial charge in [-0.15, -0.1) is 0 Å². The number of halogens is 2. The summed E-state index contributed by atoms with van der Waals surface area (Å²) in [6.45, 7) is 7.90. The Hall–Kier alpha value is -2.22. The van der Waals surface area contributed by atoms with Crippen molar-refractivity contribution in [2.75, 3.05) is 57.8 Å². The standard InChI is InChI=1S/C23H28ClFN6/c1-29-10-12-30(13-11-29)15-16-5-8-31(9-6-16)23-21-20(4-7-26-23)27-22(28-21)17-2-3-19(25)18(24)14-17/h2-4,7,14,16H,5-6,8-13,15H2,1H3,(H,27,28). The summed E-state index contributed by atoms with van der Waals surface area (Å²) in [5.41, 5.74) is 2.55. The molecule has 0 radical (unpaired) electrons. The number of benzene rings is 1. The number of nitrogens with one attached hydrogen (secondary N) is 1. The van der Waals surface area contributed by atoms with Crippen molar-refractivity contribution in [3.63, 3.8) is 0 Å². The average Bonchev–Trinajstić information content (AvgIpc) is 3.22. The topological polar surface area (TPSA) is 51.3 Å². The molecule has 2 saturated heterocycles. The summed E-state index contributed by atoms with van der Waals surface area (Å²) in [4.78, 5) is 20.2. The zero-order valence-corrected chi connectivity index (χ0v) is 18.6. The molecule has 2 aromatic heterocycles. The van der Waals surface area contributed by atoms with Crippen LogP contribution in [-0.4, -0.2) is 77.6 Å². The lowest BCUT2D eigenvalue weighted by Crippen LogP contribution is -2.47. The van der Waals surface area contributed by atoms with Gasteiger partial charge in [0.15, 0.2) is 5.82 Å². The van der Waals surface area contributed by atoms with Gasteiger partial charge in [-0.05, 0) is 50.1 Å². The number of nitrogens with zero attached hydrogens (tertiary/aromatic N) is 5. The molecular weight excluding hydrogens is 415 g/mol. The van der Waals surface area contributed by atoms with Crippen molar-refractivity contribution in [3.05, 3.63) is 41.3 Å². The minimum Gasteiger partial charge on any atom is -0.355 e. The molecule has 0 aliphatic carbocycles. The van der Waals surface area contributed by atoms with Crippen molar-refractivity contribution in [2.24, 2.45) is 5.92 Å². The highest BCUT2D eigenvalue weighted by Crippen LogP contribution is 2.30. The summed E-state index contributed by atoms with van der Waals surface area (Å²) < 4.78 is 13.5. The fourth-order valence-corrected chi connectivity index (χ4v) is 4.84. The summed E-state index contributed by atoms with van der Waals surface area (Å²) >= 11 is 5.96. The van der Waals surface area contributed by atoms with E-state index in [1.165, 1.54) is 51.6 Å². The van der Waals surface area contributed by atoms with Crippen LogP contribution in [0.3, 0.4) is 0 Å². The average molecular weight is 443 g/mol. The molecule has 31 heavy (non-hydrogen) atoms. The van der Waals surface area contributed by atoms with Gasteiger partial charge in [-0.2, -0.15) is 0 Å². The second-order valence-corrected chi connectivity index (χ2v) is 9.19. The SMILES string of the molecule is CN1CCN(CC2CCN(c3nccc4[nH]c(-c5ccc(F)c(Cl)c5)nc34)CC2)CC1. The third-order valence-electron chi connectivity index (χ3n) is 6.60. The van der Waals surface area contributed by atoms with Crippen LogP contribution in [0.25, 0.3) is 22.4 Å². The molecule has 0 spiro atoms. The molecule has 2 fully saturated rings. The van der Waals surface area contributed by atoms with Crippen LogP contribution < -0.4 is 4.90 Å². The van der Waals surface area contributed by atoms with Gasteiger partial charge in [0.25, 0.3) is 0 Å². The lowest BCUT2D eigenvalue weighted by molar-refractivity contribution is 0.129. The first-order chi connectivity index (χ1) is 15.1. The van der Waals surface area contributed by atoms with Crippen LogP contribution in [0, 0.1) is 11.7 Å². The number of H-pyrrole nitrogens is 1. The summed E-state index contributed by atoms with van der Waals surface area (Å²) in [6, 6.07) is 6.59. The minimum absolute atomic E-state index is 0.0960. The maximum Gasteiger partial charge on any atom is 0.156 e. The Morgan fingerprint density at radius 2 is 1.87 bits per heavy atom. The Bertz CT molecular complexity index is 1050. The van der Waals surface area contributed by atoms with Crippen molar-refractivity contribution in [3.8, 4) is 11.4 Å². The smallest absolute Gasteiger partial charge is 0.156 e. The first-order valence-corrected chi connectivity index (χ1v) is 11.4. The molecule has 2 aliphatic heterocycles. The summed E-state index contributed by atoms with van der Waals surface area (Å²) in [6.07, 6.45) is 4.18. The summed E-state index contributed by atoms with van der Waals surface area (Å²) in [5, 5.41) is 0.0960. The number of aromatic nitrogens is 3. The van der Waals surface area contributed by atoms with Crippen LogP contribution in [0.5, 0.6) is 0 Å². The minimum atomic E-state index is -0.427. The molecule has 0 amide bonds. The molecule has 1 N–H and O–H groups in total. The van der Waals surface area contributed by atoms with E-state index in [4.69, 9.17) is 16.6 Å². The number of piperazine rings is 1. The number of anilines is 1. The van der Waals surface area contributed by atoms with Crippen molar-refractivity contribution >= 4 is 28.5 Å². The molecule has 8 heteroatoms. The Morgan fingerprint density at radius 1 is 1.10 bits per heavy atom.